The number of para-hydroxylation sites is 4. The highest BCUT2D eigenvalue weighted by molar-refractivity contribution is 6.21. The third-order valence-electron chi connectivity index (χ3n) is 12.1. The molecule has 0 spiro atoms. The van der Waals surface area contributed by atoms with Gasteiger partial charge in [0.1, 0.15) is 0 Å². The summed E-state index contributed by atoms with van der Waals surface area (Å²) >= 11 is 0. The fraction of sp³-hybridized carbons (Fsp3) is 0.0545. The predicted octanol–water partition coefficient (Wildman–Crippen LogP) is 15.2. The lowest BCUT2D eigenvalue weighted by Gasteiger charge is -2.32. The second kappa shape index (κ2) is 13.4. The van der Waals surface area contributed by atoms with E-state index in [4.69, 9.17) is 0 Å². The Bertz CT molecular complexity index is 3090. The van der Waals surface area contributed by atoms with E-state index >= 15 is 0 Å². The van der Waals surface area contributed by atoms with Crippen molar-refractivity contribution >= 4 is 66.7 Å². The molecule has 276 valence electrons. The quantitative estimate of drug-likeness (QED) is 0.161. The topological polar surface area (TPSA) is 11.4 Å². The molecule has 3 heteroatoms. The van der Waals surface area contributed by atoms with Crippen LogP contribution in [0.4, 0.5) is 34.1 Å². The van der Waals surface area contributed by atoms with Crippen LogP contribution in [0.2, 0.25) is 0 Å². The number of anilines is 6. The van der Waals surface area contributed by atoms with Crippen molar-refractivity contribution in [2.24, 2.45) is 0 Å². The van der Waals surface area contributed by atoms with Gasteiger partial charge in [-0.05, 0) is 106 Å². The lowest BCUT2D eigenvalue weighted by molar-refractivity contribution is 0.660. The van der Waals surface area contributed by atoms with Crippen LogP contribution in [0.1, 0.15) is 25.0 Å². The molecule has 11 rings (SSSR count). The van der Waals surface area contributed by atoms with Gasteiger partial charge in [-0.1, -0.05) is 147 Å². The van der Waals surface area contributed by atoms with E-state index in [1.165, 1.54) is 49.3 Å². The van der Waals surface area contributed by atoms with Gasteiger partial charge in [0.25, 0.3) is 0 Å². The number of fused-ring (bicyclic) bond motifs is 7. The molecule has 1 heterocycles. The molecule has 3 nitrogen and oxygen atoms in total. The zero-order chi connectivity index (χ0) is 38.8. The van der Waals surface area contributed by atoms with Gasteiger partial charge in [-0.3, -0.25) is 0 Å². The van der Waals surface area contributed by atoms with Crippen LogP contribution < -0.4 is 9.80 Å². The van der Waals surface area contributed by atoms with Gasteiger partial charge in [0.05, 0.1) is 28.1 Å². The molecule has 0 bridgehead atoms. The van der Waals surface area contributed by atoms with Gasteiger partial charge in [-0.25, -0.2) is 0 Å². The van der Waals surface area contributed by atoms with Crippen molar-refractivity contribution in [2.75, 3.05) is 9.80 Å². The summed E-state index contributed by atoms with van der Waals surface area (Å²) in [6.07, 6.45) is 0. The molecule has 0 saturated carbocycles. The predicted molar refractivity (Wildman–Crippen MR) is 245 cm³/mol. The lowest BCUT2D eigenvalue weighted by atomic mass is 9.82. The van der Waals surface area contributed by atoms with Crippen molar-refractivity contribution in [2.45, 2.75) is 19.3 Å². The van der Waals surface area contributed by atoms with Crippen LogP contribution in [0.5, 0.6) is 0 Å². The van der Waals surface area contributed by atoms with Gasteiger partial charge >= 0.3 is 0 Å². The first-order valence-electron chi connectivity index (χ1n) is 20.1. The van der Waals surface area contributed by atoms with Crippen LogP contribution in [0.15, 0.2) is 212 Å². The molecular weight excluding hydrogens is 703 g/mol. The highest BCUT2D eigenvalue weighted by atomic mass is 15.2. The Morgan fingerprint density at radius 3 is 1.59 bits per heavy atom. The van der Waals surface area contributed by atoms with E-state index in [1.807, 2.05) is 0 Å². The van der Waals surface area contributed by atoms with E-state index in [0.29, 0.717) is 0 Å². The van der Waals surface area contributed by atoms with Crippen LogP contribution in [-0.2, 0) is 5.41 Å². The van der Waals surface area contributed by atoms with Crippen LogP contribution >= 0.6 is 0 Å². The zero-order valence-electron chi connectivity index (χ0n) is 32.5. The monoisotopic (exact) mass is 743 g/mol. The van der Waals surface area contributed by atoms with E-state index < -0.39 is 0 Å². The third-order valence-corrected chi connectivity index (χ3v) is 12.1. The Morgan fingerprint density at radius 1 is 0.397 bits per heavy atom. The second-order valence-corrected chi connectivity index (χ2v) is 15.8. The minimum Gasteiger partial charge on any atom is -0.310 e. The summed E-state index contributed by atoms with van der Waals surface area (Å²) in [5.74, 6) is 0. The Kier molecular flexibility index (Phi) is 7.84. The molecule has 0 fully saturated rings. The molecule has 1 aliphatic rings. The SMILES string of the molecule is CC1(C)c2ccccc2-c2c(N(c3ccccc3)c3cc(N(c4ccccc4)c4ccccc4)cc4c3c3cc5ccccc5cc3n4-c3ccccc3)cccc21. The maximum Gasteiger partial charge on any atom is 0.0583 e. The fourth-order valence-electron chi connectivity index (χ4n) is 9.46. The van der Waals surface area contributed by atoms with Gasteiger partial charge in [-0.2, -0.15) is 0 Å². The summed E-state index contributed by atoms with van der Waals surface area (Å²) in [5.41, 5.74) is 15.2. The van der Waals surface area contributed by atoms with Crippen molar-refractivity contribution in [3.05, 3.63) is 223 Å². The molecule has 0 radical (unpaired) electrons. The van der Waals surface area contributed by atoms with E-state index in [-0.39, 0.29) is 5.41 Å². The van der Waals surface area contributed by atoms with Crippen molar-refractivity contribution in [3.63, 3.8) is 0 Å². The van der Waals surface area contributed by atoms with Crippen LogP contribution in [0.25, 0.3) is 49.4 Å². The Hall–Kier alpha value is -7.36. The van der Waals surface area contributed by atoms with Crippen molar-refractivity contribution in [1.29, 1.82) is 0 Å². The standard InChI is InChI=1S/C55H41N3/c1-55(2)47-31-18-17-30-45(47)53-48(55)32-19-33-49(53)57(42-26-11-5-12-27-42)51-36-44(56(40-22-7-3-8-23-40)41-24-9-4-10-25-41)37-52-54(51)46-34-38-20-15-16-21-39(38)35-50(46)58(52)43-28-13-6-14-29-43/h3-37H,1-2H3. The van der Waals surface area contributed by atoms with E-state index in [9.17, 15) is 0 Å². The molecule has 0 unspecified atom stereocenters. The van der Waals surface area contributed by atoms with Gasteiger partial charge in [-0.15, -0.1) is 0 Å². The van der Waals surface area contributed by atoms with Gasteiger partial charge in [0.2, 0.25) is 0 Å². The van der Waals surface area contributed by atoms with Crippen LogP contribution in [0.3, 0.4) is 0 Å². The molecule has 9 aromatic carbocycles. The Labute approximate surface area is 339 Å². The number of aromatic nitrogens is 1. The maximum atomic E-state index is 2.53. The van der Waals surface area contributed by atoms with E-state index in [1.54, 1.807) is 0 Å². The van der Waals surface area contributed by atoms with Crippen LogP contribution in [0, 0.1) is 0 Å². The smallest absolute Gasteiger partial charge is 0.0583 e. The molecule has 0 amide bonds. The lowest BCUT2D eigenvalue weighted by Crippen LogP contribution is -2.16. The summed E-state index contributed by atoms with van der Waals surface area (Å²) in [5, 5.41) is 4.84. The molecule has 0 aliphatic heterocycles. The third kappa shape index (κ3) is 5.28. The molecule has 1 aromatic heterocycles. The molecule has 10 aromatic rings. The van der Waals surface area contributed by atoms with E-state index in [0.717, 1.165) is 45.3 Å². The summed E-state index contributed by atoms with van der Waals surface area (Å²) in [6.45, 7) is 4.73. The minimum absolute atomic E-state index is 0.152. The Morgan fingerprint density at radius 2 is 0.931 bits per heavy atom. The van der Waals surface area contributed by atoms with E-state index in [2.05, 4.69) is 241 Å². The van der Waals surface area contributed by atoms with Gasteiger partial charge < -0.3 is 14.4 Å². The van der Waals surface area contributed by atoms with Crippen LogP contribution in [-0.4, -0.2) is 4.57 Å². The maximum absolute atomic E-state index is 2.53. The fourth-order valence-corrected chi connectivity index (χ4v) is 9.46. The second-order valence-electron chi connectivity index (χ2n) is 15.8. The number of nitrogens with zero attached hydrogens (tertiary/aromatic N) is 3. The van der Waals surface area contributed by atoms with Gasteiger partial charge in [0, 0.05) is 44.5 Å². The number of hydrogen-bond donors (Lipinski definition) is 0. The number of rotatable bonds is 7. The summed E-state index contributed by atoms with van der Waals surface area (Å²) in [6, 6.07) is 77.5. The highest BCUT2D eigenvalue weighted by Crippen LogP contribution is 2.56. The largest absolute Gasteiger partial charge is 0.310 e. The molecule has 0 N–H and O–H groups in total. The van der Waals surface area contributed by atoms with Crippen molar-refractivity contribution in [1.82, 2.24) is 4.57 Å². The summed E-state index contributed by atoms with van der Waals surface area (Å²) < 4.78 is 2.47. The first kappa shape index (κ1) is 33.9. The average molecular weight is 744 g/mol. The molecule has 58 heavy (non-hydrogen) atoms. The van der Waals surface area contributed by atoms with Crippen molar-refractivity contribution in [3.8, 4) is 16.8 Å². The van der Waals surface area contributed by atoms with Gasteiger partial charge in [0.15, 0.2) is 0 Å². The first-order chi connectivity index (χ1) is 28.6. The number of hydrogen-bond acceptors (Lipinski definition) is 2. The molecule has 0 saturated heterocycles. The minimum atomic E-state index is -0.152. The summed E-state index contributed by atoms with van der Waals surface area (Å²) in [7, 11) is 0. The number of benzene rings is 9. The normalized spacial score (nSPS) is 12.8. The van der Waals surface area contributed by atoms with Crippen molar-refractivity contribution < 1.29 is 0 Å². The average Bonchev–Trinajstić information content (AvgIpc) is 3.72. The Balaban J connectivity index is 1.33. The highest BCUT2D eigenvalue weighted by Gasteiger charge is 2.38. The first-order valence-corrected chi connectivity index (χ1v) is 20.1. The molecule has 0 atom stereocenters. The molecular formula is C55H41N3. The summed E-state index contributed by atoms with van der Waals surface area (Å²) in [4.78, 5) is 4.92. The molecule has 1 aliphatic carbocycles. The zero-order valence-corrected chi connectivity index (χ0v) is 32.5.